The van der Waals surface area contributed by atoms with Gasteiger partial charge in [0.15, 0.2) is 27.6 Å². The van der Waals surface area contributed by atoms with Crippen LogP contribution in [-0.2, 0) is 31.8 Å². The van der Waals surface area contributed by atoms with E-state index in [0.717, 1.165) is 22.4 Å². The average molecular weight is 544 g/mol. The Kier molecular flexibility index (Phi) is 10.1. The molecule has 0 fully saturated rings. The van der Waals surface area contributed by atoms with Crippen LogP contribution in [0.1, 0.15) is 30.5 Å². The molecule has 0 amide bonds. The molecule has 202 valence electrons. The molecular formula is C33H35O5S+. The van der Waals surface area contributed by atoms with Gasteiger partial charge in [-0.15, -0.1) is 0 Å². The summed E-state index contributed by atoms with van der Waals surface area (Å²) in [6.07, 6.45) is -0.588. The van der Waals surface area contributed by atoms with E-state index in [1.54, 1.807) is 6.92 Å². The first-order chi connectivity index (χ1) is 18.9. The van der Waals surface area contributed by atoms with Gasteiger partial charge in [0.1, 0.15) is 18.1 Å². The fourth-order valence-electron chi connectivity index (χ4n) is 4.24. The standard InChI is InChI=1S/C33H35O5S/c1-5-35-26(4)38-32(34)23-36-28-18-16-27(17-19-28)22-37-33-24(2)20-31(21-25(33)3)39(29-12-8-6-9-13-29)30-14-10-7-11-15-30/h6-21,26H,5,22-23H2,1-4H3/q+1. The van der Waals surface area contributed by atoms with Crippen molar-refractivity contribution in [2.24, 2.45) is 0 Å². The second-order valence-corrected chi connectivity index (χ2v) is 11.1. The van der Waals surface area contributed by atoms with Gasteiger partial charge in [-0.25, -0.2) is 4.79 Å². The first-order valence-corrected chi connectivity index (χ1v) is 14.3. The molecule has 0 bridgehead atoms. The van der Waals surface area contributed by atoms with Crippen molar-refractivity contribution in [1.29, 1.82) is 0 Å². The van der Waals surface area contributed by atoms with Crippen LogP contribution < -0.4 is 9.47 Å². The molecule has 4 aromatic carbocycles. The monoisotopic (exact) mass is 543 g/mol. The zero-order chi connectivity index (χ0) is 27.6. The quantitative estimate of drug-likeness (QED) is 0.107. The summed E-state index contributed by atoms with van der Waals surface area (Å²) in [6, 6.07) is 33.3. The maximum absolute atomic E-state index is 11.9. The van der Waals surface area contributed by atoms with E-state index in [1.165, 1.54) is 14.7 Å². The van der Waals surface area contributed by atoms with Crippen LogP contribution in [0.15, 0.2) is 112 Å². The van der Waals surface area contributed by atoms with Crippen molar-refractivity contribution >= 4 is 16.9 Å². The molecule has 0 aliphatic heterocycles. The molecule has 0 radical (unpaired) electrons. The van der Waals surface area contributed by atoms with Gasteiger partial charge in [0.05, 0.1) is 10.9 Å². The summed E-state index contributed by atoms with van der Waals surface area (Å²) in [5.41, 5.74) is 3.22. The third kappa shape index (κ3) is 7.88. The lowest BCUT2D eigenvalue weighted by molar-refractivity contribution is -0.175. The molecule has 39 heavy (non-hydrogen) atoms. The molecule has 0 spiro atoms. The first kappa shape index (κ1) is 28.3. The predicted molar refractivity (Wildman–Crippen MR) is 154 cm³/mol. The van der Waals surface area contributed by atoms with E-state index in [9.17, 15) is 4.79 Å². The summed E-state index contributed by atoms with van der Waals surface area (Å²) in [7, 11) is -0.206. The molecule has 6 heteroatoms. The molecule has 0 saturated heterocycles. The molecule has 0 aliphatic carbocycles. The van der Waals surface area contributed by atoms with E-state index in [1.807, 2.05) is 31.2 Å². The molecule has 4 rings (SSSR count). The fourth-order valence-corrected chi connectivity index (χ4v) is 6.51. The number of carbonyl (C=O) groups excluding carboxylic acids is 1. The van der Waals surface area contributed by atoms with Gasteiger partial charge in [0.25, 0.3) is 0 Å². The van der Waals surface area contributed by atoms with Gasteiger partial charge < -0.3 is 18.9 Å². The van der Waals surface area contributed by atoms with Crippen LogP contribution in [0, 0.1) is 13.8 Å². The van der Waals surface area contributed by atoms with Crippen molar-refractivity contribution in [1.82, 2.24) is 0 Å². The minimum absolute atomic E-state index is 0.175. The molecule has 0 aromatic heterocycles. The smallest absolute Gasteiger partial charge is 0.346 e. The maximum Gasteiger partial charge on any atom is 0.346 e. The van der Waals surface area contributed by atoms with Crippen molar-refractivity contribution in [2.75, 3.05) is 13.2 Å². The minimum atomic E-state index is -0.588. The Morgan fingerprint density at radius 2 is 1.33 bits per heavy atom. The topological polar surface area (TPSA) is 54.0 Å². The van der Waals surface area contributed by atoms with E-state index in [2.05, 4.69) is 86.6 Å². The third-order valence-electron chi connectivity index (χ3n) is 5.99. The zero-order valence-corrected chi connectivity index (χ0v) is 23.7. The van der Waals surface area contributed by atoms with E-state index in [0.29, 0.717) is 19.0 Å². The number of benzene rings is 4. The highest BCUT2D eigenvalue weighted by molar-refractivity contribution is 7.97. The van der Waals surface area contributed by atoms with Crippen molar-refractivity contribution in [3.05, 3.63) is 114 Å². The minimum Gasteiger partial charge on any atom is -0.488 e. The number of ether oxygens (including phenoxy) is 4. The van der Waals surface area contributed by atoms with Crippen LogP contribution in [0.25, 0.3) is 0 Å². The Morgan fingerprint density at radius 1 is 0.769 bits per heavy atom. The van der Waals surface area contributed by atoms with E-state index < -0.39 is 12.3 Å². The molecule has 0 aliphatic rings. The van der Waals surface area contributed by atoms with Crippen LogP contribution in [0.5, 0.6) is 11.5 Å². The maximum atomic E-state index is 11.9. The van der Waals surface area contributed by atoms with Crippen LogP contribution in [-0.4, -0.2) is 25.5 Å². The summed E-state index contributed by atoms with van der Waals surface area (Å²) in [4.78, 5) is 15.7. The Labute approximate surface area is 234 Å². The lowest BCUT2D eigenvalue weighted by atomic mass is 10.1. The second-order valence-electron chi connectivity index (χ2n) is 9.05. The zero-order valence-electron chi connectivity index (χ0n) is 22.9. The molecule has 0 heterocycles. The van der Waals surface area contributed by atoms with Gasteiger partial charge >= 0.3 is 5.97 Å². The van der Waals surface area contributed by atoms with Gasteiger partial charge in [-0.2, -0.15) is 0 Å². The summed E-state index contributed by atoms with van der Waals surface area (Å²) >= 11 is 0. The molecule has 0 saturated carbocycles. The van der Waals surface area contributed by atoms with E-state index in [-0.39, 0.29) is 17.5 Å². The van der Waals surface area contributed by atoms with Gasteiger partial charge in [0, 0.05) is 18.7 Å². The average Bonchev–Trinajstić information content (AvgIpc) is 2.93. The van der Waals surface area contributed by atoms with Crippen LogP contribution >= 0.6 is 0 Å². The summed E-state index contributed by atoms with van der Waals surface area (Å²) in [6.45, 7) is 8.46. The predicted octanol–water partition coefficient (Wildman–Crippen LogP) is 7.28. The van der Waals surface area contributed by atoms with E-state index >= 15 is 0 Å². The van der Waals surface area contributed by atoms with Gasteiger partial charge in [0.2, 0.25) is 0 Å². The molecule has 0 N–H and O–H groups in total. The van der Waals surface area contributed by atoms with Gasteiger partial charge in [-0.1, -0.05) is 48.5 Å². The molecule has 5 nitrogen and oxygen atoms in total. The Hall–Kier alpha value is -3.74. The second kappa shape index (κ2) is 13.9. The lowest BCUT2D eigenvalue weighted by Gasteiger charge is -2.15. The number of hydrogen-bond acceptors (Lipinski definition) is 5. The summed E-state index contributed by atoms with van der Waals surface area (Å²) < 4.78 is 22.1. The largest absolute Gasteiger partial charge is 0.488 e. The highest BCUT2D eigenvalue weighted by atomic mass is 32.2. The number of aryl methyl sites for hydroxylation is 2. The normalized spacial score (nSPS) is 11.7. The highest BCUT2D eigenvalue weighted by Gasteiger charge is 2.29. The lowest BCUT2D eigenvalue weighted by Crippen LogP contribution is -2.22. The summed E-state index contributed by atoms with van der Waals surface area (Å²) in [5.74, 6) is 1.01. The Balaban J connectivity index is 1.41. The van der Waals surface area contributed by atoms with Crippen molar-refractivity contribution < 1.29 is 23.7 Å². The van der Waals surface area contributed by atoms with Gasteiger partial charge in [-0.05, 0) is 80.8 Å². The molecular weight excluding hydrogens is 508 g/mol. The van der Waals surface area contributed by atoms with Crippen molar-refractivity contribution in [3.8, 4) is 11.5 Å². The fraction of sp³-hybridized carbons (Fsp3) is 0.242. The number of hydrogen-bond donors (Lipinski definition) is 0. The number of rotatable bonds is 12. The number of carbonyl (C=O) groups is 1. The Morgan fingerprint density at radius 3 is 1.87 bits per heavy atom. The van der Waals surface area contributed by atoms with Crippen molar-refractivity contribution in [2.45, 2.75) is 55.3 Å². The van der Waals surface area contributed by atoms with Crippen LogP contribution in [0.4, 0.5) is 0 Å². The molecule has 1 atom stereocenters. The third-order valence-corrected chi connectivity index (χ3v) is 8.18. The molecule has 1 unspecified atom stereocenters. The highest BCUT2D eigenvalue weighted by Crippen LogP contribution is 2.35. The van der Waals surface area contributed by atoms with E-state index in [4.69, 9.17) is 18.9 Å². The molecule has 4 aromatic rings. The van der Waals surface area contributed by atoms with Crippen LogP contribution in [0.2, 0.25) is 0 Å². The first-order valence-electron chi connectivity index (χ1n) is 13.1. The summed E-state index contributed by atoms with van der Waals surface area (Å²) in [5, 5.41) is 0. The SMILES string of the molecule is CCOC(C)OC(=O)COc1ccc(COc2c(C)cc([S+](c3ccccc3)c3ccccc3)cc2C)cc1. The van der Waals surface area contributed by atoms with Gasteiger partial charge in [-0.3, -0.25) is 0 Å². The number of esters is 1. The Bertz CT molecular complexity index is 1280. The van der Waals surface area contributed by atoms with Crippen LogP contribution in [0.3, 0.4) is 0 Å². The van der Waals surface area contributed by atoms with Crippen molar-refractivity contribution in [3.63, 3.8) is 0 Å².